The summed E-state index contributed by atoms with van der Waals surface area (Å²) < 4.78 is 0. The molecular weight excluding hydrogens is 204 g/mol. The highest BCUT2D eigenvalue weighted by atomic mass is 35.5. The van der Waals surface area contributed by atoms with E-state index in [1.807, 2.05) is 24.3 Å². The number of benzene rings is 1. The van der Waals surface area contributed by atoms with E-state index in [1.165, 1.54) is 11.3 Å². The van der Waals surface area contributed by atoms with Gasteiger partial charge in [-0.25, -0.2) is 4.98 Å². The summed E-state index contributed by atoms with van der Waals surface area (Å²) in [5, 5.41) is 0.707. The first-order valence-electron chi connectivity index (χ1n) is 3.73. The van der Waals surface area contributed by atoms with E-state index < -0.39 is 0 Å². The molecule has 1 aromatic heterocycles. The average Bonchev–Trinajstić information content (AvgIpc) is 2.52. The van der Waals surface area contributed by atoms with Crippen molar-refractivity contribution in [2.75, 3.05) is 5.73 Å². The SMILES string of the molecule is Nc1ncsc1-c1ccccc1Cl. The van der Waals surface area contributed by atoms with Gasteiger partial charge in [0.25, 0.3) is 0 Å². The molecule has 2 rings (SSSR count). The largest absolute Gasteiger partial charge is 0.382 e. The summed E-state index contributed by atoms with van der Waals surface area (Å²) in [7, 11) is 0. The van der Waals surface area contributed by atoms with Crippen LogP contribution in [0.4, 0.5) is 5.82 Å². The summed E-state index contributed by atoms with van der Waals surface area (Å²) in [6.07, 6.45) is 0. The van der Waals surface area contributed by atoms with E-state index in [4.69, 9.17) is 17.3 Å². The molecule has 2 nitrogen and oxygen atoms in total. The molecule has 2 aromatic rings. The monoisotopic (exact) mass is 210 g/mol. The molecule has 4 heteroatoms. The van der Waals surface area contributed by atoms with Crippen molar-refractivity contribution in [3.8, 4) is 10.4 Å². The van der Waals surface area contributed by atoms with Gasteiger partial charge in [-0.1, -0.05) is 29.8 Å². The molecule has 1 aromatic carbocycles. The quantitative estimate of drug-likeness (QED) is 0.786. The number of thiazole rings is 1. The lowest BCUT2D eigenvalue weighted by atomic mass is 10.2. The van der Waals surface area contributed by atoms with Crippen molar-refractivity contribution < 1.29 is 0 Å². The number of nitrogens with zero attached hydrogens (tertiary/aromatic N) is 1. The maximum atomic E-state index is 6.01. The molecule has 0 amide bonds. The molecule has 0 saturated heterocycles. The van der Waals surface area contributed by atoms with Crippen LogP contribution in [0, 0.1) is 0 Å². The fraction of sp³-hybridized carbons (Fsp3) is 0. The van der Waals surface area contributed by atoms with Crippen LogP contribution >= 0.6 is 22.9 Å². The van der Waals surface area contributed by atoms with Crippen molar-refractivity contribution in [1.82, 2.24) is 4.98 Å². The number of halogens is 1. The Labute approximate surface area is 85.0 Å². The van der Waals surface area contributed by atoms with Gasteiger partial charge < -0.3 is 5.73 Å². The predicted molar refractivity (Wildman–Crippen MR) is 57.0 cm³/mol. The normalized spacial score (nSPS) is 10.2. The number of anilines is 1. The predicted octanol–water partition coefficient (Wildman–Crippen LogP) is 3.05. The maximum absolute atomic E-state index is 6.01. The van der Waals surface area contributed by atoms with E-state index >= 15 is 0 Å². The summed E-state index contributed by atoms with van der Waals surface area (Å²) >= 11 is 7.51. The number of nitrogens with two attached hydrogens (primary N) is 1. The van der Waals surface area contributed by atoms with E-state index in [9.17, 15) is 0 Å². The zero-order valence-corrected chi connectivity index (χ0v) is 8.27. The van der Waals surface area contributed by atoms with Crippen LogP contribution < -0.4 is 5.73 Å². The molecule has 2 N–H and O–H groups in total. The smallest absolute Gasteiger partial charge is 0.142 e. The van der Waals surface area contributed by atoms with Crippen molar-refractivity contribution in [3.63, 3.8) is 0 Å². The molecule has 0 saturated carbocycles. The van der Waals surface area contributed by atoms with Crippen LogP contribution in [0.25, 0.3) is 10.4 Å². The highest BCUT2D eigenvalue weighted by Gasteiger charge is 2.07. The van der Waals surface area contributed by atoms with Crippen molar-refractivity contribution in [2.45, 2.75) is 0 Å². The second-order valence-corrected chi connectivity index (χ2v) is 3.81. The van der Waals surface area contributed by atoms with Gasteiger partial charge in [-0.05, 0) is 6.07 Å². The Morgan fingerprint density at radius 1 is 1.31 bits per heavy atom. The van der Waals surface area contributed by atoms with Gasteiger partial charge >= 0.3 is 0 Å². The lowest BCUT2D eigenvalue weighted by Crippen LogP contribution is -1.86. The first-order chi connectivity index (χ1) is 6.29. The summed E-state index contributed by atoms with van der Waals surface area (Å²) in [5.74, 6) is 0.540. The molecule has 0 unspecified atom stereocenters. The molecule has 0 spiro atoms. The van der Waals surface area contributed by atoms with Gasteiger partial charge in [0.15, 0.2) is 0 Å². The number of nitrogen functional groups attached to an aromatic ring is 1. The number of hydrogen-bond acceptors (Lipinski definition) is 3. The van der Waals surface area contributed by atoms with Gasteiger partial charge in [-0.3, -0.25) is 0 Å². The van der Waals surface area contributed by atoms with Crippen LogP contribution in [0.15, 0.2) is 29.8 Å². The Kier molecular flexibility index (Phi) is 2.20. The van der Waals surface area contributed by atoms with Crippen molar-refractivity contribution >= 4 is 28.8 Å². The van der Waals surface area contributed by atoms with Gasteiger partial charge in [0.05, 0.1) is 10.4 Å². The minimum absolute atomic E-state index is 0.540. The van der Waals surface area contributed by atoms with E-state index in [1.54, 1.807) is 5.51 Å². The topological polar surface area (TPSA) is 38.9 Å². The molecule has 0 bridgehead atoms. The van der Waals surface area contributed by atoms with Gasteiger partial charge in [0.2, 0.25) is 0 Å². The Balaban J connectivity index is 2.59. The highest BCUT2D eigenvalue weighted by molar-refractivity contribution is 7.14. The zero-order valence-electron chi connectivity index (χ0n) is 6.70. The molecule has 0 aliphatic carbocycles. The fourth-order valence-corrected chi connectivity index (χ4v) is 2.14. The van der Waals surface area contributed by atoms with E-state index in [0.717, 1.165) is 10.4 Å². The molecule has 1 heterocycles. The molecule has 0 radical (unpaired) electrons. The van der Waals surface area contributed by atoms with Crippen LogP contribution in [-0.2, 0) is 0 Å². The molecule has 66 valence electrons. The lowest BCUT2D eigenvalue weighted by molar-refractivity contribution is 1.42. The van der Waals surface area contributed by atoms with Crippen molar-refractivity contribution in [2.24, 2.45) is 0 Å². The summed E-state index contributed by atoms with van der Waals surface area (Å²) in [6, 6.07) is 7.60. The Morgan fingerprint density at radius 2 is 2.08 bits per heavy atom. The van der Waals surface area contributed by atoms with Crippen molar-refractivity contribution in [1.29, 1.82) is 0 Å². The second-order valence-electron chi connectivity index (χ2n) is 2.55. The minimum atomic E-state index is 0.540. The van der Waals surface area contributed by atoms with E-state index in [-0.39, 0.29) is 0 Å². The molecule has 13 heavy (non-hydrogen) atoms. The first kappa shape index (κ1) is 8.53. The van der Waals surface area contributed by atoms with Gasteiger partial charge in [-0.2, -0.15) is 0 Å². The van der Waals surface area contributed by atoms with Gasteiger partial charge in [0.1, 0.15) is 5.82 Å². The number of hydrogen-bond donors (Lipinski definition) is 1. The molecule has 0 fully saturated rings. The minimum Gasteiger partial charge on any atom is -0.382 e. The molecular formula is C9H7ClN2S. The lowest BCUT2D eigenvalue weighted by Gasteiger charge is -2.00. The van der Waals surface area contributed by atoms with Crippen LogP contribution in [-0.4, -0.2) is 4.98 Å². The highest BCUT2D eigenvalue weighted by Crippen LogP contribution is 2.34. The Morgan fingerprint density at radius 3 is 2.69 bits per heavy atom. The van der Waals surface area contributed by atoms with E-state index in [2.05, 4.69) is 4.98 Å². The molecule has 0 atom stereocenters. The van der Waals surface area contributed by atoms with Crippen molar-refractivity contribution in [3.05, 3.63) is 34.8 Å². The third-order valence-corrected chi connectivity index (χ3v) is 2.92. The van der Waals surface area contributed by atoms with Gasteiger partial charge in [0, 0.05) is 10.6 Å². The third kappa shape index (κ3) is 1.53. The van der Waals surface area contributed by atoms with E-state index in [0.29, 0.717) is 10.8 Å². The van der Waals surface area contributed by atoms with Gasteiger partial charge in [-0.15, -0.1) is 11.3 Å². The van der Waals surface area contributed by atoms with Crippen LogP contribution in [0.1, 0.15) is 0 Å². The standard InChI is InChI=1S/C9H7ClN2S/c10-7-4-2-1-3-6(7)8-9(11)12-5-13-8/h1-5H,11H2. The average molecular weight is 211 g/mol. The maximum Gasteiger partial charge on any atom is 0.142 e. The number of aromatic nitrogens is 1. The number of rotatable bonds is 1. The molecule has 0 aliphatic heterocycles. The second kappa shape index (κ2) is 3.36. The van der Waals surface area contributed by atoms with Crippen LogP contribution in [0.3, 0.4) is 0 Å². The third-order valence-electron chi connectivity index (χ3n) is 1.71. The first-order valence-corrected chi connectivity index (χ1v) is 4.98. The Hall–Kier alpha value is -1.06. The summed E-state index contributed by atoms with van der Waals surface area (Å²) in [5.41, 5.74) is 8.35. The van der Waals surface area contributed by atoms with Crippen LogP contribution in [0.5, 0.6) is 0 Å². The Bertz CT molecular complexity index is 425. The summed E-state index contributed by atoms with van der Waals surface area (Å²) in [4.78, 5) is 4.91. The van der Waals surface area contributed by atoms with Crippen LogP contribution in [0.2, 0.25) is 5.02 Å². The zero-order chi connectivity index (χ0) is 9.26. The summed E-state index contributed by atoms with van der Waals surface area (Å²) in [6.45, 7) is 0. The molecule has 0 aliphatic rings. The fourth-order valence-electron chi connectivity index (χ4n) is 1.10.